The maximum atomic E-state index is 12.4. The molecule has 2 rings (SSSR count). The Bertz CT molecular complexity index is 570. The van der Waals surface area contributed by atoms with Gasteiger partial charge in [0.2, 0.25) is 0 Å². The Labute approximate surface area is 123 Å². The minimum absolute atomic E-state index is 0.00533. The second-order valence-corrected chi connectivity index (χ2v) is 7.22. The lowest BCUT2D eigenvalue weighted by Crippen LogP contribution is -2.44. The Morgan fingerprint density at radius 3 is 2.42 bits per heavy atom. The van der Waals surface area contributed by atoms with Crippen LogP contribution in [0.15, 0.2) is 29.2 Å². The number of rotatable bonds is 1. The second-order valence-electron chi connectivity index (χ2n) is 5.54. The van der Waals surface area contributed by atoms with Crippen molar-refractivity contribution in [2.45, 2.75) is 33.2 Å². The molecule has 0 aromatic heterocycles. The normalized spacial score (nSPS) is 18.5. The monoisotopic (exact) mass is 291 g/mol. The highest BCUT2D eigenvalue weighted by Gasteiger charge is 2.38. The van der Waals surface area contributed by atoms with Gasteiger partial charge in [-0.1, -0.05) is 48.2 Å². The molecule has 0 bridgehead atoms. The maximum absolute atomic E-state index is 12.4. The highest BCUT2D eigenvalue weighted by Crippen LogP contribution is 2.37. The van der Waals surface area contributed by atoms with Gasteiger partial charge in [0, 0.05) is 5.54 Å². The Morgan fingerprint density at radius 2 is 1.89 bits per heavy atom. The number of nitrogens with zero attached hydrogens (tertiary/aromatic N) is 1. The first-order chi connectivity index (χ1) is 8.80. The second kappa shape index (κ2) is 5.10. The van der Waals surface area contributed by atoms with Crippen molar-refractivity contribution >= 4 is 40.3 Å². The first kappa shape index (κ1) is 14.3. The molecule has 1 saturated heterocycles. The van der Waals surface area contributed by atoms with Crippen LogP contribution in [-0.2, 0) is 4.79 Å². The molecule has 1 heterocycles. The van der Waals surface area contributed by atoms with E-state index >= 15 is 0 Å². The van der Waals surface area contributed by atoms with Gasteiger partial charge in [-0.15, -0.1) is 0 Å². The number of hydrogen-bond donors (Lipinski definition) is 0. The molecule has 2 nitrogen and oxygen atoms in total. The molecule has 1 amide bonds. The third-order valence-corrected chi connectivity index (χ3v) is 4.24. The first-order valence-corrected chi connectivity index (χ1v) is 7.37. The van der Waals surface area contributed by atoms with E-state index < -0.39 is 0 Å². The minimum Gasteiger partial charge on any atom is -0.288 e. The average Bonchev–Trinajstić information content (AvgIpc) is 2.56. The summed E-state index contributed by atoms with van der Waals surface area (Å²) in [5, 5.41) is 0. The SMILES string of the molecule is Cc1ccccc1/C=C1\SC(=S)N(C(C)(C)C)C1=O. The largest absolute Gasteiger partial charge is 0.288 e. The summed E-state index contributed by atoms with van der Waals surface area (Å²) in [6.07, 6.45) is 1.93. The smallest absolute Gasteiger partial charge is 0.266 e. The molecule has 100 valence electrons. The number of hydrogen-bond acceptors (Lipinski definition) is 3. The lowest BCUT2D eigenvalue weighted by molar-refractivity contribution is -0.125. The van der Waals surface area contributed by atoms with Gasteiger partial charge < -0.3 is 0 Å². The fraction of sp³-hybridized carbons (Fsp3) is 0.333. The zero-order valence-electron chi connectivity index (χ0n) is 11.6. The summed E-state index contributed by atoms with van der Waals surface area (Å²) in [6.45, 7) is 8.02. The van der Waals surface area contributed by atoms with Gasteiger partial charge in [0.05, 0.1) is 4.91 Å². The fourth-order valence-electron chi connectivity index (χ4n) is 1.94. The topological polar surface area (TPSA) is 20.3 Å². The van der Waals surface area contributed by atoms with Crippen molar-refractivity contribution < 1.29 is 4.79 Å². The van der Waals surface area contributed by atoms with Crippen LogP contribution in [0.3, 0.4) is 0 Å². The molecular weight excluding hydrogens is 274 g/mol. The molecule has 1 aromatic carbocycles. The van der Waals surface area contributed by atoms with Crippen LogP contribution in [0.4, 0.5) is 0 Å². The number of benzene rings is 1. The number of amides is 1. The van der Waals surface area contributed by atoms with Crippen LogP contribution in [0.2, 0.25) is 0 Å². The van der Waals surface area contributed by atoms with Gasteiger partial charge >= 0.3 is 0 Å². The number of thiocarbonyl (C=S) groups is 1. The van der Waals surface area contributed by atoms with E-state index in [4.69, 9.17) is 12.2 Å². The number of aryl methyl sites for hydroxylation is 1. The maximum Gasteiger partial charge on any atom is 0.266 e. The molecule has 0 spiro atoms. The van der Waals surface area contributed by atoms with E-state index in [1.54, 1.807) is 4.90 Å². The Balaban J connectivity index is 2.37. The van der Waals surface area contributed by atoms with E-state index in [2.05, 4.69) is 0 Å². The number of carbonyl (C=O) groups excluding carboxylic acids is 1. The van der Waals surface area contributed by atoms with Crippen molar-refractivity contribution in [3.05, 3.63) is 40.3 Å². The summed E-state index contributed by atoms with van der Waals surface area (Å²) in [5.41, 5.74) is 1.95. The van der Waals surface area contributed by atoms with E-state index in [-0.39, 0.29) is 11.4 Å². The third-order valence-electron chi connectivity index (χ3n) is 2.94. The molecule has 19 heavy (non-hydrogen) atoms. The van der Waals surface area contributed by atoms with E-state index in [0.29, 0.717) is 9.23 Å². The summed E-state index contributed by atoms with van der Waals surface area (Å²) >= 11 is 6.70. The van der Waals surface area contributed by atoms with Crippen molar-refractivity contribution in [3.63, 3.8) is 0 Å². The number of thioether (sulfide) groups is 1. The van der Waals surface area contributed by atoms with Crippen LogP contribution < -0.4 is 0 Å². The van der Waals surface area contributed by atoms with E-state index in [9.17, 15) is 4.79 Å². The molecular formula is C15H17NOS2. The Morgan fingerprint density at radius 1 is 1.26 bits per heavy atom. The van der Waals surface area contributed by atoms with E-state index in [1.807, 2.05) is 58.0 Å². The molecule has 1 aliphatic rings. The van der Waals surface area contributed by atoms with Crippen LogP contribution >= 0.6 is 24.0 Å². The Kier molecular flexibility index (Phi) is 3.83. The average molecular weight is 291 g/mol. The van der Waals surface area contributed by atoms with Crippen LogP contribution in [-0.4, -0.2) is 20.7 Å². The lowest BCUT2D eigenvalue weighted by atomic mass is 10.1. The first-order valence-electron chi connectivity index (χ1n) is 6.14. The standard InChI is InChI=1S/C15H17NOS2/c1-10-7-5-6-8-11(10)9-12-13(17)16(14(18)19-12)15(2,3)4/h5-9H,1-4H3/b12-9-. The van der Waals surface area contributed by atoms with Crippen LogP contribution in [0, 0.1) is 6.92 Å². The van der Waals surface area contributed by atoms with Gasteiger partial charge in [0.1, 0.15) is 4.32 Å². The minimum atomic E-state index is -0.275. The van der Waals surface area contributed by atoms with E-state index in [0.717, 1.165) is 11.1 Å². The quantitative estimate of drug-likeness (QED) is 0.576. The molecule has 0 saturated carbocycles. The van der Waals surface area contributed by atoms with Gasteiger partial charge in [-0.2, -0.15) is 0 Å². The van der Waals surface area contributed by atoms with Gasteiger partial charge in [-0.3, -0.25) is 9.69 Å². The van der Waals surface area contributed by atoms with Crippen molar-refractivity contribution in [2.75, 3.05) is 0 Å². The van der Waals surface area contributed by atoms with Gasteiger partial charge in [0.25, 0.3) is 5.91 Å². The van der Waals surface area contributed by atoms with Crippen LogP contribution in [0.1, 0.15) is 31.9 Å². The predicted molar refractivity (Wildman–Crippen MR) is 85.9 cm³/mol. The summed E-state index contributed by atoms with van der Waals surface area (Å²) < 4.78 is 0.636. The molecule has 1 aliphatic heterocycles. The molecule has 0 aliphatic carbocycles. The molecule has 1 fully saturated rings. The van der Waals surface area contributed by atoms with Gasteiger partial charge in [-0.25, -0.2) is 0 Å². The molecule has 0 atom stereocenters. The zero-order chi connectivity index (χ0) is 14.2. The molecule has 1 aromatic rings. The third kappa shape index (κ3) is 2.90. The van der Waals surface area contributed by atoms with Crippen molar-refractivity contribution in [3.8, 4) is 0 Å². The highest BCUT2D eigenvalue weighted by molar-refractivity contribution is 8.26. The van der Waals surface area contributed by atoms with Crippen LogP contribution in [0.25, 0.3) is 6.08 Å². The van der Waals surface area contributed by atoms with Crippen molar-refractivity contribution in [1.29, 1.82) is 0 Å². The molecule has 0 N–H and O–H groups in total. The zero-order valence-corrected chi connectivity index (χ0v) is 13.2. The lowest BCUT2D eigenvalue weighted by Gasteiger charge is -2.30. The molecule has 4 heteroatoms. The molecule has 0 unspecified atom stereocenters. The fourth-order valence-corrected chi connectivity index (χ4v) is 3.56. The van der Waals surface area contributed by atoms with Crippen molar-refractivity contribution in [2.24, 2.45) is 0 Å². The van der Waals surface area contributed by atoms with Crippen LogP contribution in [0.5, 0.6) is 0 Å². The van der Waals surface area contributed by atoms with Gasteiger partial charge in [-0.05, 0) is 44.9 Å². The van der Waals surface area contributed by atoms with Gasteiger partial charge in [0.15, 0.2) is 0 Å². The summed E-state index contributed by atoms with van der Waals surface area (Å²) in [6, 6.07) is 8.02. The highest BCUT2D eigenvalue weighted by atomic mass is 32.2. The predicted octanol–water partition coefficient (Wildman–Crippen LogP) is 3.99. The number of carbonyl (C=O) groups is 1. The summed E-state index contributed by atoms with van der Waals surface area (Å²) in [7, 11) is 0. The van der Waals surface area contributed by atoms with Crippen molar-refractivity contribution in [1.82, 2.24) is 4.90 Å². The summed E-state index contributed by atoms with van der Waals surface area (Å²) in [5.74, 6) is 0.00533. The Hall–Kier alpha value is -1.13. The molecule has 0 radical (unpaired) electrons. The summed E-state index contributed by atoms with van der Waals surface area (Å²) in [4.78, 5) is 14.8. The van der Waals surface area contributed by atoms with E-state index in [1.165, 1.54) is 11.8 Å².